The van der Waals surface area contributed by atoms with Crippen LogP contribution in [0.2, 0.25) is 0 Å². The fourth-order valence-corrected chi connectivity index (χ4v) is 2.95. The lowest BCUT2D eigenvalue weighted by Crippen LogP contribution is -2.33. The number of hydrogen-bond acceptors (Lipinski definition) is 1. The second kappa shape index (κ2) is 6.76. The molecule has 0 unspecified atom stereocenters. The molecule has 1 nitrogen and oxygen atoms in total. The molecule has 0 aliphatic carbocycles. The minimum Gasteiger partial charge on any atom is -0.299 e. The van der Waals surface area contributed by atoms with Gasteiger partial charge in [-0.1, -0.05) is 41.9 Å². The van der Waals surface area contributed by atoms with E-state index in [9.17, 15) is 0 Å². The van der Waals surface area contributed by atoms with Gasteiger partial charge in [0, 0.05) is 15.7 Å². The van der Waals surface area contributed by atoms with E-state index in [0.717, 1.165) is 12.5 Å². The van der Waals surface area contributed by atoms with Crippen molar-refractivity contribution in [3.05, 3.63) is 45.0 Å². The predicted octanol–water partition coefficient (Wildman–Crippen LogP) is 4.38. The third-order valence-corrected chi connectivity index (χ3v) is 4.64. The van der Waals surface area contributed by atoms with Crippen molar-refractivity contribution in [1.29, 1.82) is 0 Å². The van der Waals surface area contributed by atoms with Crippen LogP contribution in [0.3, 0.4) is 0 Å². The second-order valence-corrected chi connectivity index (χ2v) is 6.12. The van der Waals surface area contributed by atoms with Gasteiger partial charge in [0.25, 0.3) is 0 Å². The smallest absolute Gasteiger partial charge is 0.0300 e. The van der Waals surface area contributed by atoms with E-state index in [1.165, 1.54) is 35.1 Å². The minimum absolute atomic E-state index is 0.741. The van der Waals surface area contributed by atoms with Crippen molar-refractivity contribution >= 4 is 34.2 Å². The molecule has 0 bridgehead atoms. The summed E-state index contributed by atoms with van der Waals surface area (Å²) >= 11 is 8.01. The summed E-state index contributed by atoms with van der Waals surface area (Å²) < 4.78 is 1.22. The van der Waals surface area contributed by atoms with Gasteiger partial charge in [-0.05, 0) is 60.0 Å². The molecule has 1 saturated heterocycles. The standard InChI is InChI=1S/C14H17ClIN/c15-10-14(16)11-17-8-6-13(7-9-17)12-4-2-1-3-5-12/h1-5,10,13H,6-9,11H2/b14-10+. The topological polar surface area (TPSA) is 3.24 Å². The van der Waals surface area contributed by atoms with Crippen LogP contribution in [0.25, 0.3) is 0 Å². The van der Waals surface area contributed by atoms with Crippen LogP contribution in [0.5, 0.6) is 0 Å². The van der Waals surface area contributed by atoms with Gasteiger partial charge in [0.15, 0.2) is 0 Å². The highest BCUT2D eigenvalue weighted by atomic mass is 127. The first-order valence-corrected chi connectivity index (χ1v) is 7.53. The summed E-state index contributed by atoms with van der Waals surface area (Å²) in [6.45, 7) is 3.36. The Labute approximate surface area is 122 Å². The molecule has 0 radical (unpaired) electrons. The average molecular weight is 362 g/mol. The van der Waals surface area contributed by atoms with Crippen molar-refractivity contribution in [2.24, 2.45) is 0 Å². The van der Waals surface area contributed by atoms with Crippen LogP contribution < -0.4 is 0 Å². The molecule has 1 aliphatic heterocycles. The predicted molar refractivity (Wildman–Crippen MR) is 82.8 cm³/mol. The summed E-state index contributed by atoms with van der Waals surface area (Å²) in [5.41, 5.74) is 3.18. The van der Waals surface area contributed by atoms with Crippen LogP contribution in [0.1, 0.15) is 24.3 Å². The molecule has 17 heavy (non-hydrogen) atoms. The van der Waals surface area contributed by atoms with E-state index in [1.807, 2.05) is 0 Å². The molecule has 0 spiro atoms. The molecule has 0 N–H and O–H groups in total. The summed E-state index contributed by atoms with van der Waals surface area (Å²) in [5.74, 6) is 0.741. The SMILES string of the molecule is Cl/C=C(/I)CN1CCC(c2ccccc2)CC1. The first kappa shape index (κ1) is 13.4. The lowest BCUT2D eigenvalue weighted by molar-refractivity contribution is 0.232. The number of benzene rings is 1. The van der Waals surface area contributed by atoms with E-state index >= 15 is 0 Å². The van der Waals surface area contributed by atoms with Gasteiger partial charge in [-0.3, -0.25) is 4.90 Å². The lowest BCUT2D eigenvalue weighted by Gasteiger charge is -2.32. The number of rotatable bonds is 3. The zero-order chi connectivity index (χ0) is 12.1. The maximum absolute atomic E-state index is 5.70. The zero-order valence-electron chi connectivity index (χ0n) is 9.78. The largest absolute Gasteiger partial charge is 0.299 e. The highest BCUT2D eigenvalue weighted by Gasteiger charge is 2.20. The minimum atomic E-state index is 0.741. The van der Waals surface area contributed by atoms with Crippen LogP contribution in [0.4, 0.5) is 0 Å². The van der Waals surface area contributed by atoms with E-state index in [4.69, 9.17) is 11.6 Å². The van der Waals surface area contributed by atoms with Crippen LogP contribution in [-0.4, -0.2) is 24.5 Å². The molecule has 0 saturated carbocycles. The molecule has 1 fully saturated rings. The van der Waals surface area contributed by atoms with Crippen molar-refractivity contribution in [2.75, 3.05) is 19.6 Å². The Hall–Kier alpha value is -0.0600. The summed E-state index contributed by atoms with van der Waals surface area (Å²) in [6.07, 6.45) is 2.52. The van der Waals surface area contributed by atoms with Gasteiger partial charge in [0.1, 0.15) is 0 Å². The molecular formula is C14H17ClIN. The average Bonchev–Trinajstić information content (AvgIpc) is 2.40. The van der Waals surface area contributed by atoms with E-state index in [-0.39, 0.29) is 0 Å². The van der Waals surface area contributed by atoms with Gasteiger partial charge in [-0.15, -0.1) is 0 Å². The van der Waals surface area contributed by atoms with E-state index in [0.29, 0.717) is 0 Å². The Morgan fingerprint density at radius 2 is 1.94 bits per heavy atom. The van der Waals surface area contributed by atoms with Gasteiger partial charge in [0.2, 0.25) is 0 Å². The Morgan fingerprint density at radius 1 is 1.29 bits per heavy atom. The number of nitrogens with zero attached hydrogens (tertiary/aromatic N) is 1. The molecule has 1 aromatic carbocycles. The fraction of sp³-hybridized carbons (Fsp3) is 0.429. The Balaban J connectivity index is 1.86. The third kappa shape index (κ3) is 3.97. The van der Waals surface area contributed by atoms with Gasteiger partial charge in [-0.2, -0.15) is 0 Å². The maximum Gasteiger partial charge on any atom is 0.0300 e. The summed E-state index contributed by atoms with van der Waals surface area (Å²) in [7, 11) is 0. The Bertz CT molecular complexity index is 369. The highest BCUT2D eigenvalue weighted by Crippen LogP contribution is 2.28. The summed E-state index contributed by atoms with van der Waals surface area (Å²) in [5, 5.41) is 0. The second-order valence-electron chi connectivity index (χ2n) is 4.52. The molecule has 92 valence electrons. The van der Waals surface area contributed by atoms with Crippen LogP contribution in [0.15, 0.2) is 39.4 Å². The van der Waals surface area contributed by atoms with Gasteiger partial charge in [-0.25, -0.2) is 0 Å². The Morgan fingerprint density at radius 3 is 2.53 bits per heavy atom. The fourth-order valence-electron chi connectivity index (χ4n) is 2.40. The molecule has 0 aromatic heterocycles. The van der Waals surface area contributed by atoms with Crippen molar-refractivity contribution in [3.8, 4) is 0 Å². The third-order valence-electron chi connectivity index (χ3n) is 3.35. The number of halogens is 2. The zero-order valence-corrected chi connectivity index (χ0v) is 12.7. The number of hydrogen-bond donors (Lipinski definition) is 0. The molecule has 1 aromatic rings. The molecule has 0 amide bonds. The molecule has 0 atom stereocenters. The van der Waals surface area contributed by atoms with Gasteiger partial charge >= 0.3 is 0 Å². The Kier molecular flexibility index (Phi) is 5.32. The molecular weight excluding hydrogens is 345 g/mol. The first-order chi connectivity index (χ1) is 8.29. The summed E-state index contributed by atoms with van der Waals surface area (Å²) in [6, 6.07) is 10.9. The lowest BCUT2D eigenvalue weighted by atomic mass is 9.89. The van der Waals surface area contributed by atoms with Crippen LogP contribution >= 0.6 is 34.2 Å². The normalized spacial score (nSPS) is 19.5. The molecule has 2 rings (SSSR count). The van der Waals surface area contributed by atoms with Crippen LogP contribution in [0, 0.1) is 0 Å². The van der Waals surface area contributed by atoms with Crippen LogP contribution in [-0.2, 0) is 0 Å². The monoisotopic (exact) mass is 361 g/mol. The summed E-state index contributed by atoms with van der Waals surface area (Å²) in [4.78, 5) is 2.49. The van der Waals surface area contributed by atoms with Gasteiger partial charge < -0.3 is 0 Å². The quantitative estimate of drug-likeness (QED) is 0.722. The molecule has 1 heterocycles. The molecule has 3 heteroatoms. The number of likely N-dealkylation sites (tertiary alicyclic amines) is 1. The van der Waals surface area contributed by atoms with Crippen molar-refractivity contribution in [1.82, 2.24) is 4.90 Å². The maximum atomic E-state index is 5.70. The molecule has 1 aliphatic rings. The van der Waals surface area contributed by atoms with E-state index in [2.05, 4.69) is 57.8 Å². The van der Waals surface area contributed by atoms with Crippen molar-refractivity contribution in [2.45, 2.75) is 18.8 Å². The highest BCUT2D eigenvalue weighted by molar-refractivity contribution is 14.1. The van der Waals surface area contributed by atoms with Crippen molar-refractivity contribution in [3.63, 3.8) is 0 Å². The van der Waals surface area contributed by atoms with E-state index in [1.54, 1.807) is 5.54 Å². The van der Waals surface area contributed by atoms with Crippen molar-refractivity contribution < 1.29 is 0 Å². The van der Waals surface area contributed by atoms with Gasteiger partial charge in [0.05, 0.1) is 0 Å². The number of piperidine rings is 1. The first-order valence-electron chi connectivity index (χ1n) is 6.01. The van der Waals surface area contributed by atoms with E-state index < -0.39 is 0 Å².